The number of hydrogen-bond donors (Lipinski definition) is 5. The molecule has 9 rings (SSSR count). The third kappa shape index (κ3) is 10.4. The number of nitrogens with one attached hydrogen (secondary N) is 4. The molecule has 358 valence electrons. The lowest BCUT2D eigenvalue weighted by atomic mass is 9.93. The van der Waals surface area contributed by atoms with Crippen molar-refractivity contribution >= 4 is 46.3 Å². The molecule has 14 heteroatoms. The predicted octanol–water partition coefficient (Wildman–Crippen LogP) is 7.89. The maximum absolute atomic E-state index is 13.3. The van der Waals surface area contributed by atoms with E-state index in [2.05, 4.69) is 68.8 Å². The van der Waals surface area contributed by atoms with Gasteiger partial charge in [0.2, 0.25) is 17.7 Å². The predicted molar refractivity (Wildman–Crippen MR) is 267 cm³/mol. The lowest BCUT2D eigenvalue weighted by Gasteiger charge is -2.27. The minimum absolute atomic E-state index is 0.00877. The molecule has 2 aliphatic heterocycles. The minimum atomic E-state index is -1.02. The Morgan fingerprint density at radius 2 is 1.53 bits per heavy atom. The Hall–Kier alpha value is -7.63. The number of carbonyl (C=O) groups is 5. The fraction of sp³-hybridized carbons (Fsp3) is 0.339. The second kappa shape index (κ2) is 21.8. The molecule has 4 heterocycles. The maximum atomic E-state index is 13.3. The summed E-state index contributed by atoms with van der Waals surface area (Å²) in [5.41, 5.74) is 8.21. The van der Waals surface area contributed by atoms with E-state index >= 15 is 0 Å². The van der Waals surface area contributed by atoms with E-state index < -0.39 is 29.7 Å². The number of aliphatic hydroxyl groups is 1. The summed E-state index contributed by atoms with van der Waals surface area (Å²) in [6, 6.07) is 33.0. The van der Waals surface area contributed by atoms with Crippen LogP contribution >= 0.6 is 0 Å². The number of aliphatic hydroxyl groups excluding tert-OH is 1. The summed E-state index contributed by atoms with van der Waals surface area (Å²) >= 11 is 0. The van der Waals surface area contributed by atoms with Crippen LogP contribution in [0.3, 0.4) is 0 Å². The first-order valence-electron chi connectivity index (χ1n) is 24.6. The zero-order chi connectivity index (χ0) is 48.6. The van der Waals surface area contributed by atoms with Crippen molar-refractivity contribution in [2.75, 3.05) is 18.4 Å². The molecule has 14 nitrogen and oxygen atoms in total. The van der Waals surface area contributed by atoms with Crippen LogP contribution in [0.4, 0.5) is 5.69 Å². The molecule has 4 aromatic carbocycles. The summed E-state index contributed by atoms with van der Waals surface area (Å²) in [6.07, 6.45) is 9.78. The van der Waals surface area contributed by atoms with Crippen LogP contribution in [0.15, 0.2) is 109 Å². The van der Waals surface area contributed by atoms with E-state index in [1.54, 1.807) is 18.2 Å². The summed E-state index contributed by atoms with van der Waals surface area (Å²) in [5.74, 6) is 4.55. The fourth-order valence-electron chi connectivity index (χ4n) is 10.0. The van der Waals surface area contributed by atoms with Gasteiger partial charge in [-0.3, -0.25) is 39.6 Å². The summed E-state index contributed by atoms with van der Waals surface area (Å²) in [4.78, 5) is 69.2. The second-order valence-corrected chi connectivity index (χ2v) is 18.4. The van der Waals surface area contributed by atoms with Crippen LogP contribution in [-0.2, 0) is 20.9 Å². The summed E-state index contributed by atoms with van der Waals surface area (Å²) in [6.45, 7) is 1.65. The zero-order valence-corrected chi connectivity index (χ0v) is 39.2. The fourth-order valence-corrected chi connectivity index (χ4v) is 10.0. The van der Waals surface area contributed by atoms with Crippen LogP contribution in [0.1, 0.15) is 121 Å². The molecular weight excluding hydrogens is 881 g/mol. The van der Waals surface area contributed by atoms with Gasteiger partial charge in [-0.05, 0) is 98.7 Å². The average molecular weight is 939 g/mol. The number of hydrogen-bond acceptors (Lipinski definition) is 9. The maximum Gasteiger partial charge on any atom is 0.264 e. The molecule has 3 aliphatic rings. The highest BCUT2D eigenvalue weighted by Crippen LogP contribution is 2.40. The van der Waals surface area contributed by atoms with Gasteiger partial charge in [-0.25, -0.2) is 4.98 Å². The number of unbranched alkanes of at least 4 members (excludes halogenated alkanes) is 4. The van der Waals surface area contributed by atoms with Crippen molar-refractivity contribution in [3.8, 4) is 34.2 Å². The first kappa shape index (κ1) is 47.4. The normalized spacial score (nSPS) is 17.8. The largest absolute Gasteiger partial charge is 0.393 e. The van der Waals surface area contributed by atoms with E-state index in [-0.39, 0.29) is 42.0 Å². The SMILES string of the molecule is N=c1c2c(-c3ccccc3)c(-c3ccccc3)n(Cc3cccc(C#CCCCCNC(=O)CCCCCNc4cccc5c4C(=O)N(C4CCC(=O)NC4=O)C5=O)c3)c2ncn1C1CCC(O)CC1. The van der Waals surface area contributed by atoms with Gasteiger partial charge in [0.25, 0.3) is 11.8 Å². The van der Waals surface area contributed by atoms with Crippen molar-refractivity contribution < 1.29 is 29.1 Å². The Balaban J connectivity index is 0.758. The lowest BCUT2D eigenvalue weighted by Crippen LogP contribution is -2.54. The van der Waals surface area contributed by atoms with Crippen LogP contribution in [0.25, 0.3) is 33.4 Å². The molecule has 0 radical (unpaired) electrons. The summed E-state index contributed by atoms with van der Waals surface area (Å²) in [7, 11) is 0. The third-order valence-electron chi connectivity index (χ3n) is 13.6. The standard InChI is InChI=1S/C56H58N8O6/c57-52-50-48(39-19-7-3-8-20-39)51(40-21-9-4-10-22-40)62(53(50)60-36-63(52)41-26-28-42(65)29-27-41)35-38-18-14-17-37(34-38)16-6-1-2-12-33-59-46(66)25-11-5-13-32-58-44-24-15-23-43-49(44)56(70)64(55(43)69)45-30-31-47(67)61-54(45)68/h3-4,7-10,14-15,17-24,34,36,41-42,45,57-58,65H,1-2,5,11-13,25-33,35H2,(H,59,66)(H,61,67,68). The van der Waals surface area contributed by atoms with Crippen molar-refractivity contribution in [3.05, 3.63) is 137 Å². The van der Waals surface area contributed by atoms with Gasteiger partial charge in [0, 0.05) is 61.8 Å². The molecule has 5 amide bonds. The Morgan fingerprint density at radius 3 is 2.30 bits per heavy atom. The first-order chi connectivity index (χ1) is 34.2. The molecule has 1 saturated heterocycles. The van der Waals surface area contributed by atoms with Crippen LogP contribution in [-0.4, -0.2) is 78.9 Å². The van der Waals surface area contributed by atoms with Gasteiger partial charge in [-0.15, -0.1) is 0 Å². The van der Waals surface area contributed by atoms with Gasteiger partial charge in [-0.2, -0.15) is 0 Å². The molecule has 1 atom stereocenters. The molecule has 5 N–H and O–H groups in total. The third-order valence-corrected chi connectivity index (χ3v) is 13.6. The van der Waals surface area contributed by atoms with Gasteiger partial charge in [0.1, 0.15) is 17.2 Å². The number of benzene rings is 4. The first-order valence-corrected chi connectivity index (χ1v) is 24.6. The van der Waals surface area contributed by atoms with Crippen molar-refractivity contribution in [2.24, 2.45) is 0 Å². The zero-order valence-electron chi connectivity index (χ0n) is 39.2. The molecule has 6 aromatic rings. The van der Waals surface area contributed by atoms with E-state index in [4.69, 9.17) is 4.98 Å². The topological polar surface area (TPSA) is 192 Å². The molecule has 1 aliphatic carbocycles. The van der Waals surface area contributed by atoms with Gasteiger partial charge in [0.05, 0.1) is 34.6 Å². The lowest BCUT2D eigenvalue weighted by molar-refractivity contribution is -0.136. The number of rotatable bonds is 17. The Kier molecular flexibility index (Phi) is 14.8. The number of amides is 5. The van der Waals surface area contributed by atoms with E-state index in [0.29, 0.717) is 50.1 Å². The number of aromatic nitrogens is 3. The quantitative estimate of drug-likeness (QED) is 0.0347. The Labute approximate surface area is 407 Å². The van der Waals surface area contributed by atoms with Gasteiger partial charge >= 0.3 is 0 Å². The van der Waals surface area contributed by atoms with Crippen molar-refractivity contribution in [1.82, 2.24) is 29.7 Å². The van der Waals surface area contributed by atoms with Crippen LogP contribution < -0.4 is 21.4 Å². The van der Waals surface area contributed by atoms with Crippen LogP contribution in [0, 0.1) is 17.3 Å². The Bertz CT molecular complexity index is 3050. The molecule has 1 unspecified atom stereocenters. The molecule has 70 heavy (non-hydrogen) atoms. The smallest absolute Gasteiger partial charge is 0.264 e. The highest BCUT2D eigenvalue weighted by atomic mass is 16.3. The number of imide groups is 2. The summed E-state index contributed by atoms with van der Waals surface area (Å²) < 4.78 is 4.25. The van der Waals surface area contributed by atoms with E-state index in [9.17, 15) is 34.5 Å². The number of fused-ring (bicyclic) bond motifs is 2. The van der Waals surface area contributed by atoms with E-state index in [1.807, 2.05) is 59.4 Å². The van der Waals surface area contributed by atoms with Crippen molar-refractivity contribution in [2.45, 2.75) is 108 Å². The second-order valence-electron chi connectivity index (χ2n) is 18.4. The Morgan fingerprint density at radius 1 is 0.786 bits per heavy atom. The number of nitrogens with zero attached hydrogens (tertiary/aromatic N) is 4. The van der Waals surface area contributed by atoms with Crippen LogP contribution in [0.2, 0.25) is 0 Å². The highest BCUT2D eigenvalue weighted by Gasteiger charge is 2.45. The van der Waals surface area contributed by atoms with Crippen molar-refractivity contribution in [1.29, 1.82) is 5.41 Å². The average Bonchev–Trinajstić information content (AvgIpc) is 3.83. The van der Waals surface area contributed by atoms with E-state index in [1.165, 1.54) is 0 Å². The molecule has 0 bridgehead atoms. The molecule has 0 spiro atoms. The molecular formula is C56H58N8O6. The molecule has 1 saturated carbocycles. The summed E-state index contributed by atoms with van der Waals surface area (Å²) in [5, 5.41) is 29.2. The number of piperidine rings is 1. The number of anilines is 1. The minimum Gasteiger partial charge on any atom is -0.393 e. The van der Waals surface area contributed by atoms with Crippen LogP contribution in [0.5, 0.6) is 0 Å². The molecule has 2 aromatic heterocycles. The van der Waals surface area contributed by atoms with Gasteiger partial charge in [-0.1, -0.05) is 97.1 Å². The monoisotopic (exact) mass is 938 g/mol. The number of carbonyl (C=O) groups excluding carboxylic acids is 5. The van der Waals surface area contributed by atoms with Gasteiger partial charge < -0.3 is 24.9 Å². The van der Waals surface area contributed by atoms with Crippen molar-refractivity contribution in [3.63, 3.8) is 0 Å². The van der Waals surface area contributed by atoms with Gasteiger partial charge in [0.15, 0.2) is 0 Å². The van der Waals surface area contributed by atoms with E-state index in [0.717, 1.165) is 101 Å². The molecule has 2 fully saturated rings. The highest BCUT2D eigenvalue weighted by molar-refractivity contribution is 6.25.